The number of fused-ring (bicyclic) bond motifs is 5. The van der Waals surface area contributed by atoms with Gasteiger partial charge in [-0.3, -0.25) is 29.2 Å². The molecule has 5 rings (SSSR count). The summed E-state index contributed by atoms with van der Waals surface area (Å²) in [5, 5.41) is 1.55. The van der Waals surface area contributed by atoms with E-state index >= 15 is 0 Å². The predicted molar refractivity (Wildman–Crippen MR) is 177 cm³/mol. The van der Waals surface area contributed by atoms with Crippen molar-refractivity contribution in [3.63, 3.8) is 0 Å². The fraction of sp³-hybridized carbons (Fsp3) is 0.417. The number of Topliss-reactive ketones (excluding diaryl/α,β-unsaturated/α-hetero) is 2. The third-order valence-electron chi connectivity index (χ3n) is 9.29. The van der Waals surface area contributed by atoms with Gasteiger partial charge >= 0.3 is 11.9 Å². The summed E-state index contributed by atoms with van der Waals surface area (Å²) in [5.41, 5.74) is 9.25. The Balaban J connectivity index is 1.79. The van der Waals surface area contributed by atoms with Crippen LogP contribution in [0.4, 0.5) is 0 Å². The fourth-order valence-corrected chi connectivity index (χ4v) is 6.74. The van der Waals surface area contributed by atoms with Crippen molar-refractivity contribution in [3.05, 3.63) is 67.0 Å². The Morgan fingerprint density at radius 3 is 2.11 bits per heavy atom. The second-order valence-corrected chi connectivity index (χ2v) is 12.1. The van der Waals surface area contributed by atoms with E-state index in [2.05, 4.69) is 4.98 Å². The number of nitrogens with one attached hydrogen (secondary N) is 1. The van der Waals surface area contributed by atoms with E-state index in [1.165, 1.54) is 14.2 Å². The lowest BCUT2D eigenvalue weighted by Gasteiger charge is -2.07. The standard InChI is InChI=1S/C36H40N4O6/c1-17-23(9-11-33(43)45-7)29-16-30-24(10-12-34(44)46-8)18(2)26(38-30)14-31-36(22(6)42)20(4)28(40-31)15-32-35(21(5)41)19(3)27(39-32)13-25(17)37-29/h13-14,16,27,31,38H,9-12,15H2,1-8H3/b25-13?,26-14?,30-16-. The highest BCUT2D eigenvalue weighted by Crippen LogP contribution is 2.34. The number of aliphatic imine (C=N–C) groups is 3. The monoisotopic (exact) mass is 624 g/mol. The van der Waals surface area contributed by atoms with Gasteiger partial charge in [0, 0.05) is 46.8 Å². The molecule has 0 saturated heterocycles. The lowest BCUT2D eigenvalue weighted by molar-refractivity contribution is -0.141. The summed E-state index contributed by atoms with van der Waals surface area (Å²) >= 11 is 0. The van der Waals surface area contributed by atoms with E-state index in [9.17, 15) is 19.2 Å². The number of ether oxygens (including phenoxy) is 2. The Kier molecular flexibility index (Phi) is 9.19. The van der Waals surface area contributed by atoms with Crippen molar-refractivity contribution in [2.45, 2.75) is 85.7 Å². The summed E-state index contributed by atoms with van der Waals surface area (Å²) in [5.74, 6) is -0.790. The predicted octanol–water partition coefficient (Wildman–Crippen LogP) is 3.46. The number of rotatable bonds is 8. The number of aromatic amines is 1. The van der Waals surface area contributed by atoms with Crippen molar-refractivity contribution in [1.82, 2.24) is 4.98 Å². The smallest absolute Gasteiger partial charge is 0.305 e. The van der Waals surface area contributed by atoms with Crippen molar-refractivity contribution in [2.75, 3.05) is 14.2 Å². The molecule has 0 radical (unpaired) electrons. The normalized spacial score (nSPS) is 21.3. The van der Waals surface area contributed by atoms with E-state index in [1.807, 2.05) is 45.9 Å². The number of esters is 2. The molecule has 0 aromatic carbocycles. The van der Waals surface area contributed by atoms with Crippen molar-refractivity contribution in [3.8, 4) is 0 Å². The molecule has 10 heteroatoms. The zero-order valence-electron chi connectivity index (χ0n) is 27.7. The maximum atomic E-state index is 13.0. The summed E-state index contributed by atoms with van der Waals surface area (Å²) in [6.07, 6.45) is 7.39. The Labute approximate surface area is 268 Å². The molecule has 0 aliphatic carbocycles. The minimum Gasteiger partial charge on any atom is -0.469 e. The lowest BCUT2D eigenvalue weighted by Crippen LogP contribution is -2.18. The van der Waals surface area contributed by atoms with E-state index in [1.54, 1.807) is 13.8 Å². The number of H-pyrrole nitrogens is 1. The summed E-state index contributed by atoms with van der Waals surface area (Å²) < 4.78 is 9.85. The highest BCUT2D eigenvalue weighted by molar-refractivity contribution is 6.30. The average Bonchev–Trinajstić information content (AvgIpc) is 3.67. The Morgan fingerprint density at radius 2 is 1.48 bits per heavy atom. The van der Waals surface area contributed by atoms with E-state index in [4.69, 9.17) is 24.5 Å². The first-order valence-corrected chi connectivity index (χ1v) is 15.5. The van der Waals surface area contributed by atoms with Gasteiger partial charge in [0.15, 0.2) is 11.6 Å². The van der Waals surface area contributed by atoms with Crippen LogP contribution < -0.4 is 10.7 Å². The van der Waals surface area contributed by atoms with Gasteiger partial charge in [-0.25, -0.2) is 4.99 Å². The van der Waals surface area contributed by atoms with Gasteiger partial charge in [-0.1, -0.05) is 0 Å². The molecule has 1 N–H and O–H groups in total. The number of carbonyl (C=O) groups excluding carboxylic acids is 4. The molecular formula is C36H40N4O6. The number of ketones is 2. The molecular weight excluding hydrogens is 584 g/mol. The molecule has 0 fully saturated rings. The van der Waals surface area contributed by atoms with Gasteiger partial charge in [-0.05, 0) is 106 Å². The number of hydrogen-bond donors (Lipinski definition) is 1. The molecule has 5 heterocycles. The summed E-state index contributed by atoms with van der Waals surface area (Å²) in [6.45, 7) is 10.9. The third kappa shape index (κ3) is 6.08. The second-order valence-electron chi connectivity index (χ2n) is 12.1. The Morgan fingerprint density at radius 1 is 0.826 bits per heavy atom. The Hall–Kier alpha value is -4.73. The molecule has 1 aromatic heterocycles. The zero-order chi connectivity index (χ0) is 33.4. The van der Waals surface area contributed by atoms with Crippen LogP contribution in [0.1, 0.15) is 71.4 Å². The summed E-state index contributed by atoms with van der Waals surface area (Å²) in [7, 11) is 2.74. The molecule has 240 valence electrons. The number of nitrogens with zero attached hydrogens (tertiary/aromatic N) is 3. The van der Waals surface area contributed by atoms with Crippen molar-refractivity contribution >= 4 is 52.8 Å². The van der Waals surface area contributed by atoms with Crippen LogP contribution >= 0.6 is 0 Å². The number of carbonyl (C=O) groups is 4. The fourth-order valence-electron chi connectivity index (χ4n) is 6.74. The molecule has 0 spiro atoms. The molecule has 4 aliphatic rings. The zero-order valence-corrected chi connectivity index (χ0v) is 27.7. The maximum Gasteiger partial charge on any atom is 0.305 e. The maximum absolute atomic E-state index is 13.0. The van der Waals surface area contributed by atoms with E-state index in [-0.39, 0.29) is 36.3 Å². The molecule has 10 nitrogen and oxygen atoms in total. The van der Waals surface area contributed by atoms with Gasteiger partial charge in [0.05, 0.1) is 43.4 Å². The summed E-state index contributed by atoms with van der Waals surface area (Å²) in [4.78, 5) is 68.8. The van der Waals surface area contributed by atoms with Crippen LogP contribution in [0.25, 0.3) is 12.2 Å². The second kappa shape index (κ2) is 12.9. The minimum absolute atomic E-state index is 0.0747. The highest BCUT2D eigenvalue weighted by atomic mass is 16.5. The topological polar surface area (TPSA) is 140 Å². The van der Waals surface area contributed by atoms with E-state index in [0.29, 0.717) is 41.8 Å². The quantitative estimate of drug-likeness (QED) is 0.440. The number of aromatic nitrogens is 1. The number of hydrogen-bond acceptors (Lipinski definition) is 9. The minimum atomic E-state index is -0.532. The van der Waals surface area contributed by atoms with E-state index in [0.717, 1.165) is 55.5 Å². The summed E-state index contributed by atoms with van der Waals surface area (Å²) in [6, 6.07) is -0.941. The van der Waals surface area contributed by atoms with Crippen LogP contribution in [-0.4, -0.2) is 71.9 Å². The van der Waals surface area contributed by atoms with Crippen LogP contribution in [-0.2, 0) is 35.1 Å². The average molecular weight is 625 g/mol. The van der Waals surface area contributed by atoms with Crippen LogP contribution in [0, 0.1) is 6.92 Å². The molecule has 1 aromatic rings. The first-order valence-electron chi connectivity index (χ1n) is 15.5. The van der Waals surface area contributed by atoms with Crippen LogP contribution in [0.15, 0.2) is 60.2 Å². The Bertz CT molecular complexity index is 1920. The molecule has 2 atom stereocenters. The molecule has 0 amide bonds. The van der Waals surface area contributed by atoms with Crippen LogP contribution in [0.3, 0.4) is 0 Å². The molecule has 4 aliphatic heterocycles. The molecule has 0 saturated carbocycles. The SMILES string of the molecule is COC(=O)CCC1=C(C)C2=CC3N=C(CC4=NC(C=c5[nH]/c(c(CCC(=O)OC)c5C)=C\C1=N2)C(C(C)=O)=C4C)C(C(C)=O)=C3C. The van der Waals surface area contributed by atoms with Crippen molar-refractivity contribution in [1.29, 1.82) is 0 Å². The highest BCUT2D eigenvalue weighted by Gasteiger charge is 2.33. The van der Waals surface area contributed by atoms with Gasteiger partial charge in [-0.15, -0.1) is 0 Å². The van der Waals surface area contributed by atoms with Crippen LogP contribution in [0.2, 0.25) is 0 Å². The molecule has 8 bridgehead atoms. The van der Waals surface area contributed by atoms with Gasteiger partial charge in [-0.2, -0.15) is 0 Å². The van der Waals surface area contributed by atoms with Crippen molar-refractivity contribution < 1.29 is 28.7 Å². The van der Waals surface area contributed by atoms with Gasteiger partial charge in [0.1, 0.15) is 0 Å². The number of allylic oxidation sites excluding steroid dienone is 4. The first kappa shape index (κ1) is 32.7. The van der Waals surface area contributed by atoms with Gasteiger partial charge < -0.3 is 14.5 Å². The molecule has 46 heavy (non-hydrogen) atoms. The van der Waals surface area contributed by atoms with E-state index < -0.39 is 12.1 Å². The lowest BCUT2D eigenvalue weighted by atomic mass is 9.93. The number of methoxy groups -OCH3 is 2. The first-order chi connectivity index (χ1) is 21.8. The van der Waals surface area contributed by atoms with Gasteiger partial charge in [0.25, 0.3) is 0 Å². The molecule has 2 unspecified atom stereocenters. The van der Waals surface area contributed by atoms with Crippen molar-refractivity contribution in [2.24, 2.45) is 15.0 Å². The van der Waals surface area contributed by atoms with Gasteiger partial charge in [0.2, 0.25) is 0 Å². The third-order valence-corrected chi connectivity index (χ3v) is 9.29. The van der Waals surface area contributed by atoms with Crippen LogP contribution in [0.5, 0.6) is 0 Å². The largest absolute Gasteiger partial charge is 0.469 e.